The number of nitrogens with zero attached hydrogens (tertiary/aromatic N) is 2. The average molecular weight is 87.1 g/mol. The molecule has 6 heavy (non-hydrogen) atoms. The first-order valence-corrected chi connectivity index (χ1v) is 1.67. The van der Waals surface area contributed by atoms with Crippen molar-refractivity contribution < 1.29 is 0 Å². The molecule has 0 saturated carbocycles. The lowest BCUT2D eigenvalue weighted by molar-refractivity contribution is 0.640. The monoisotopic (exact) mass is 87.1 g/mol. The summed E-state index contributed by atoms with van der Waals surface area (Å²) in [6.07, 6.45) is 1.53. The van der Waals surface area contributed by atoms with Crippen LogP contribution in [0.2, 0.25) is 0 Å². The third-order valence-corrected chi connectivity index (χ3v) is 0.298. The van der Waals surface area contributed by atoms with Gasteiger partial charge in [-0.1, -0.05) is 0 Å². The molecule has 0 fully saturated rings. The maximum absolute atomic E-state index is 4.76. The molecule has 0 aromatic heterocycles. The topological polar surface area (TPSA) is 41.6 Å². The molecule has 36 valence electrons. The summed E-state index contributed by atoms with van der Waals surface area (Å²) in [6.45, 7) is 0. The molecule has 0 aliphatic carbocycles. The van der Waals surface area contributed by atoms with E-state index in [4.69, 9.17) is 5.84 Å². The van der Waals surface area contributed by atoms with Gasteiger partial charge in [0.25, 0.3) is 0 Å². The van der Waals surface area contributed by atoms with Gasteiger partial charge in [-0.25, -0.2) is 0 Å². The highest BCUT2D eigenvalue weighted by Crippen LogP contribution is 1.56. The summed E-state index contributed by atoms with van der Waals surface area (Å²) < 4.78 is 0. The fourth-order valence-electron chi connectivity index (χ4n) is 0.133. The summed E-state index contributed by atoms with van der Waals surface area (Å²) in [5.41, 5.74) is 0. The molecule has 0 heterocycles. The Morgan fingerprint density at radius 1 is 1.67 bits per heavy atom. The molecule has 3 nitrogen and oxygen atoms in total. The Bertz CT molecular complexity index is 48.0. The van der Waals surface area contributed by atoms with Gasteiger partial charge in [-0.2, -0.15) is 5.10 Å². The lowest BCUT2D eigenvalue weighted by atomic mass is 11.0. The number of hydrazone groups is 1. The highest BCUT2D eigenvalue weighted by Gasteiger charge is 1.68. The van der Waals surface area contributed by atoms with Crippen LogP contribution in [-0.2, 0) is 0 Å². The van der Waals surface area contributed by atoms with E-state index in [9.17, 15) is 0 Å². The van der Waals surface area contributed by atoms with E-state index in [0.717, 1.165) is 0 Å². The molecule has 0 bridgehead atoms. The second-order valence-corrected chi connectivity index (χ2v) is 1.23. The largest absolute Gasteiger partial charge is 0.367 e. The van der Waals surface area contributed by atoms with Gasteiger partial charge in [0.15, 0.2) is 0 Å². The molecule has 0 aliphatic heterocycles. The molecule has 0 saturated heterocycles. The highest BCUT2D eigenvalue weighted by atomic mass is 15.2. The molecule has 0 radical (unpaired) electrons. The van der Waals surface area contributed by atoms with Crippen molar-refractivity contribution in [2.75, 3.05) is 14.1 Å². The molecule has 0 unspecified atom stereocenters. The van der Waals surface area contributed by atoms with Crippen LogP contribution < -0.4 is 5.84 Å². The first-order chi connectivity index (χ1) is 2.77. The highest BCUT2D eigenvalue weighted by molar-refractivity contribution is 5.52. The minimum Gasteiger partial charge on any atom is -0.367 e. The molecule has 0 amide bonds. The minimum absolute atomic E-state index is 1.53. The van der Waals surface area contributed by atoms with E-state index in [1.807, 2.05) is 14.1 Å². The maximum Gasteiger partial charge on any atom is 0.110 e. The van der Waals surface area contributed by atoms with Crippen LogP contribution in [0.1, 0.15) is 0 Å². The van der Waals surface area contributed by atoms with Gasteiger partial charge >= 0.3 is 0 Å². The lowest BCUT2D eigenvalue weighted by Gasteiger charge is -1.97. The second-order valence-electron chi connectivity index (χ2n) is 1.23. The predicted octanol–water partition coefficient (Wildman–Crippen LogP) is -0.550. The fraction of sp³-hybridized carbons (Fsp3) is 0.667. The van der Waals surface area contributed by atoms with E-state index in [-0.39, 0.29) is 0 Å². The summed E-state index contributed by atoms with van der Waals surface area (Å²) in [7, 11) is 3.72. The standard InChI is InChI=1S/C3H9N3/c1-6(2)3-5-4/h3H,4H2,1-2H3/b5-3+. The van der Waals surface area contributed by atoms with Crippen molar-refractivity contribution in [3.8, 4) is 0 Å². The Hall–Kier alpha value is -0.730. The Morgan fingerprint density at radius 2 is 2.17 bits per heavy atom. The minimum atomic E-state index is 1.53. The average Bonchev–Trinajstić information content (AvgIpc) is 1.35. The predicted molar refractivity (Wildman–Crippen MR) is 26.4 cm³/mol. The Labute approximate surface area is 37.4 Å². The lowest BCUT2D eigenvalue weighted by Crippen LogP contribution is -2.08. The van der Waals surface area contributed by atoms with Gasteiger partial charge in [-0.05, 0) is 0 Å². The van der Waals surface area contributed by atoms with Crippen molar-refractivity contribution in [3.63, 3.8) is 0 Å². The van der Waals surface area contributed by atoms with Crippen LogP contribution in [0.5, 0.6) is 0 Å². The molecular formula is C3H9N3. The Morgan fingerprint density at radius 3 is 2.17 bits per heavy atom. The van der Waals surface area contributed by atoms with Gasteiger partial charge in [-0.3, -0.25) is 0 Å². The van der Waals surface area contributed by atoms with Crippen LogP contribution in [0.25, 0.3) is 0 Å². The van der Waals surface area contributed by atoms with Crippen LogP contribution in [0.3, 0.4) is 0 Å². The summed E-state index contributed by atoms with van der Waals surface area (Å²) in [4.78, 5) is 1.76. The number of hydrogen-bond acceptors (Lipinski definition) is 2. The van der Waals surface area contributed by atoms with Crippen LogP contribution in [0.4, 0.5) is 0 Å². The van der Waals surface area contributed by atoms with Crippen molar-refractivity contribution >= 4 is 6.34 Å². The van der Waals surface area contributed by atoms with E-state index in [1.54, 1.807) is 4.90 Å². The van der Waals surface area contributed by atoms with E-state index in [0.29, 0.717) is 0 Å². The van der Waals surface area contributed by atoms with Gasteiger partial charge in [-0.15, -0.1) is 0 Å². The first kappa shape index (κ1) is 5.27. The van der Waals surface area contributed by atoms with Crippen molar-refractivity contribution in [3.05, 3.63) is 0 Å². The molecule has 0 aliphatic rings. The zero-order valence-electron chi connectivity index (χ0n) is 4.05. The Balaban J connectivity index is 3.03. The van der Waals surface area contributed by atoms with Gasteiger partial charge in [0, 0.05) is 14.1 Å². The molecule has 0 aromatic carbocycles. The van der Waals surface area contributed by atoms with Crippen molar-refractivity contribution in [2.24, 2.45) is 10.9 Å². The SMILES string of the molecule is CN(C)/C=N/N. The molecular weight excluding hydrogens is 78.1 g/mol. The van der Waals surface area contributed by atoms with Crippen LogP contribution in [0, 0.1) is 0 Å². The third-order valence-electron chi connectivity index (χ3n) is 0.298. The molecule has 0 spiro atoms. The Kier molecular flexibility index (Phi) is 2.20. The fourth-order valence-corrected chi connectivity index (χ4v) is 0.133. The second kappa shape index (κ2) is 2.50. The van der Waals surface area contributed by atoms with Crippen LogP contribution in [0.15, 0.2) is 5.10 Å². The molecule has 0 atom stereocenters. The number of hydrogen-bond donors (Lipinski definition) is 1. The van der Waals surface area contributed by atoms with Gasteiger partial charge in [0.1, 0.15) is 6.34 Å². The van der Waals surface area contributed by atoms with Crippen molar-refractivity contribution in [2.45, 2.75) is 0 Å². The molecule has 2 N–H and O–H groups in total. The summed E-state index contributed by atoms with van der Waals surface area (Å²) >= 11 is 0. The molecule has 3 heteroatoms. The number of nitrogens with two attached hydrogens (primary N) is 1. The van der Waals surface area contributed by atoms with E-state index in [1.165, 1.54) is 6.34 Å². The van der Waals surface area contributed by atoms with Crippen molar-refractivity contribution in [1.29, 1.82) is 0 Å². The quantitative estimate of drug-likeness (QED) is 0.202. The van der Waals surface area contributed by atoms with E-state index < -0.39 is 0 Å². The summed E-state index contributed by atoms with van der Waals surface area (Å²) in [6, 6.07) is 0. The van der Waals surface area contributed by atoms with Gasteiger partial charge in [0.2, 0.25) is 0 Å². The van der Waals surface area contributed by atoms with Crippen LogP contribution >= 0.6 is 0 Å². The molecule has 0 aromatic rings. The zero-order valence-corrected chi connectivity index (χ0v) is 4.05. The first-order valence-electron chi connectivity index (χ1n) is 1.67. The third kappa shape index (κ3) is 3.27. The van der Waals surface area contributed by atoms with Gasteiger partial charge < -0.3 is 10.7 Å². The zero-order chi connectivity index (χ0) is 4.99. The van der Waals surface area contributed by atoms with E-state index in [2.05, 4.69) is 5.10 Å². The summed E-state index contributed by atoms with van der Waals surface area (Å²) in [5, 5.41) is 3.24. The van der Waals surface area contributed by atoms with Gasteiger partial charge in [0.05, 0.1) is 0 Å². The smallest absolute Gasteiger partial charge is 0.110 e. The van der Waals surface area contributed by atoms with E-state index >= 15 is 0 Å². The van der Waals surface area contributed by atoms with Crippen LogP contribution in [-0.4, -0.2) is 25.3 Å². The molecule has 0 rings (SSSR count). The number of rotatable bonds is 1. The van der Waals surface area contributed by atoms with Crippen molar-refractivity contribution in [1.82, 2.24) is 4.90 Å². The maximum atomic E-state index is 4.76. The summed E-state index contributed by atoms with van der Waals surface area (Å²) in [5.74, 6) is 4.76. The normalized spacial score (nSPS) is 9.67.